The fourth-order valence-corrected chi connectivity index (χ4v) is 4.03. The topological polar surface area (TPSA) is 44.8 Å². The summed E-state index contributed by atoms with van der Waals surface area (Å²) >= 11 is 0. The quantitative estimate of drug-likeness (QED) is 0.861. The van der Waals surface area contributed by atoms with Crippen LogP contribution in [0.15, 0.2) is 24.3 Å². The average molecular weight is 345 g/mol. The molecule has 1 saturated carbocycles. The van der Waals surface area contributed by atoms with Gasteiger partial charge in [-0.3, -0.25) is 9.69 Å². The molecule has 5 heteroatoms. The summed E-state index contributed by atoms with van der Waals surface area (Å²) in [5.74, 6) is 0.836. The molecule has 1 aliphatic carbocycles. The van der Waals surface area contributed by atoms with Gasteiger partial charge >= 0.3 is 0 Å². The van der Waals surface area contributed by atoms with Crippen molar-refractivity contribution < 1.29 is 9.53 Å². The lowest BCUT2D eigenvalue weighted by Gasteiger charge is -2.27. The van der Waals surface area contributed by atoms with Gasteiger partial charge in [-0.1, -0.05) is 18.9 Å². The van der Waals surface area contributed by atoms with E-state index in [9.17, 15) is 4.79 Å². The average Bonchev–Trinajstić information content (AvgIpc) is 3.06. The maximum Gasteiger partial charge on any atom is 0.225 e. The van der Waals surface area contributed by atoms with Crippen LogP contribution >= 0.6 is 0 Å². The van der Waals surface area contributed by atoms with Crippen molar-refractivity contribution in [1.82, 2.24) is 9.80 Å². The molecule has 2 aliphatic rings. The SMILES string of the molecule is COc1cccc(NC(=O)CCN2CCCN(C3CCCC3)CC2)c1. The minimum absolute atomic E-state index is 0.0742. The second-order valence-electron chi connectivity index (χ2n) is 7.20. The van der Waals surface area contributed by atoms with Gasteiger partial charge in [0.05, 0.1) is 7.11 Å². The van der Waals surface area contributed by atoms with E-state index in [0.717, 1.165) is 43.7 Å². The summed E-state index contributed by atoms with van der Waals surface area (Å²) in [7, 11) is 1.63. The molecule has 1 heterocycles. The molecule has 0 bridgehead atoms. The van der Waals surface area contributed by atoms with Gasteiger partial charge < -0.3 is 15.0 Å². The molecule has 2 fully saturated rings. The minimum atomic E-state index is 0.0742. The van der Waals surface area contributed by atoms with E-state index in [2.05, 4.69) is 15.1 Å². The number of benzene rings is 1. The summed E-state index contributed by atoms with van der Waals surface area (Å²) in [5.41, 5.74) is 0.799. The number of nitrogens with zero attached hydrogens (tertiary/aromatic N) is 2. The Kier molecular flexibility index (Phi) is 6.70. The summed E-state index contributed by atoms with van der Waals surface area (Å²) in [6.07, 6.45) is 7.31. The van der Waals surface area contributed by atoms with Crippen molar-refractivity contribution >= 4 is 11.6 Å². The molecular weight excluding hydrogens is 314 g/mol. The van der Waals surface area contributed by atoms with E-state index in [0.29, 0.717) is 6.42 Å². The Balaban J connectivity index is 1.41. The second kappa shape index (κ2) is 9.20. The molecule has 0 spiro atoms. The molecule has 0 unspecified atom stereocenters. The number of carbonyl (C=O) groups excluding carboxylic acids is 1. The summed E-state index contributed by atoms with van der Waals surface area (Å²) in [5, 5.41) is 2.97. The Morgan fingerprint density at radius 1 is 1.16 bits per heavy atom. The first-order chi connectivity index (χ1) is 12.2. The van der Waals surface area contributed by atoms with Crippen LogP contribution in [-0.4, -0.2) is 61.6 Å². The highest BCUT2D eigenvalue weighted by atomic mass is 16.5. The molecule has 1 amide bonds. The van der Waals surface area contributed by atoms with Gasteiger partial charge in [0, 0.05) is 43.9 Å². The number of carbonyl (C=O) groups is 1. The molecule has 0 radical (unpaired) electrons. The molecule has 1 N–H and O–H groups in total. The Morgan fingerprint density at radius 2 is 2.00 bits per heavy atom. The highest BCUT2D eigenvalue weighted by molar-refractivity contribution is 5.91. The van der Waals surface area contributed by atoms with Crippen LogP contribution in [0.2, 0.25) is 0 Å². The molecule has 138 valence electrons. The number of hydrogen-bond donors (Lipinski definition) is 1. The standard InChI is InChI=1S/C20H31N3O2/c1-25-19-9-4-6-17(16-19)21-20(24)10-13-22-11-5-12-23(15-14-22)18-7-2-3-8-18/h4,6,9,16,18H,2-3,5,7-8,10-15H2,1H3,(H,21,24). The fraction of sp³-hybridized carbons (Fsp3) is 0.650. The molecule has 0 aromatic heterocycles. The second-order valence-corrected chi connectivity index (χ2v) is 7.20. The van der Waals surface area contributed by atoms with Crippen LogP contribution < -0.4 is 10.1 Å². The Labute approximate surface area is 151 Å². The molecule has 25 heavy (non-hydrogen) atoms. The first-order valence-electron chi connectivity index (χ1n) is 9.65. The molecule has 1 aromatic rings. The number of rotatable bonds is 6. The molecule has 0 atom stereocenters. The summed E-state index contributed by atoms with van der Waals surface area (Å²) in [4.78, 5) is 17.4. The van der Waals surface area contributed by atoms with E-state index in [4.69, 9.17) is 4.74 Å². The van der Waals surface area contributed by atoms with Crippen LogP contribution in [0.3, 0.4) is 0 Å². The number of nitrogens with one attached hydrogen (secondary N) is 1. The number of hydrogen-bond acceptors (Lipinski definition) is 4. The van der Waals surface area contributed by atoms with Gasteiger partial charge in [-0.2, -0.15) is 0 Å². The lowest BCUT2D eigenvalue weighted by atomic mass is 10.2. The first kappa shape index (κ1) is 18.2. The third-order valence-electron chi connectivity index (χ3n) is 5.47. The van der Waals surface area contributed by atoms with Gasteiger partial charge in [0.2, 0.25) is 5.91 Å². The minimum Gasteiger partial charge on any atom is -0.497 e. The Bertz CT molecular complexity index is 558. The van der Waals surface area contributed by atoms with E-state index < -0.39 is 0 Å². The van der Waals surface area contributed by atoms with Crippen molar-refractivity contribution in [3.8, 4) is 5.75 Å². The zero-order valence-electron chi connectivity index (χ0n) is 15.4. The molecule has 1 aliphatic heterocycles. The molecular formula is C20H31N3O2. The summed E-state index contributed by atoms with van der Waals surface area (Å²) in [6.45, 7) is 5.41. The Morgan fingerprint density at radius 3 is 2.80 bits per heavy atom. The Hall–Kier alpha value is -1.59. The van der Waals surface area contributed by atoms with Crippen molar-refractivity contribution in [2.75, 3.05) is 45.2 Å². The third-order valence-corrected chi connectivity index (χ3v) is 5.47. The van der Waals surface area contributed by atoms with Crippen molar-refractivity contribution in [3.05, 3.63) is 24.3 Å². The van der Waals surface area contributed by atoms with Crippen molar-refractivity contribution in [2.45, 2.75) is 44.6 Å². The van der Waals surface area contributed by atoms with E-state index in [1.807, 2.05) is 24.3 Å². The van der Waals surface area contributed by atoms with Gasteiger partial charge in [0.15, 0.2) is 0 Å². The molecule has 5 nitrogen and oxygen atoms in total. The molecule has 3 rings (SSSR count). The van der Waals surface area contributed by atoms with Gasteiger partial charge in [0.1, 0.15) is 5.75 Å². The van der Waals surface area contributed by atoms with Crippen LogP contribution in [0.4, 0.5) is 5.69 Å². The zero-order chi connectivity index (χ0) is 17.5. The van der Waals surface area contributed by atoms with Crippen molar-refractivity contribution in [1.29, 1.82) is 0 Å². The lowest BCUT2D eigenvalue weighted by Crippen LogP contribution is -2.37. The third kappa shape index (κ3) is 5.44. The van der Waals surface area contributed by atoms with Gasteiger partial charge in [-0.05, 0) is 44.5 Å². The van der Waals surface area contributed by atoms with Crippen LogP contribution in [0.5, 0.6) is 5.75 Å². The highest BCUT2D eigenvalue weighted by Gasteiger charge is 2.24. The number of amides is 1. The van der Waals surface area contributed by atoms with Crippen molar-refractivity contribution in [2.24, 2.45) is 0 Å². The van der Waals surface area contributed by atoms with E-state index in [-0.39, 0.29) is 5.91 Å². The van der Waals surface area contributed by atoms with E-state index >= 15 is 0 Å². The normalized spacial score (nSPS) is 20.4. The van der Waals surface area contributed by atoms with Gasteiger partial charge in [-0.25, -0.2) is 0 Å². The van der Waals surface area contributed by atoms with E-state index in [1.165, 1.54) is 38.6 Å². The molecule has 1 aromatic carbocycles. The smallest absolute Gasteiger partial charge is 0.225 e. The highest BCUT2D eigenvalue weighted by Crippen LogP contribution is 2.24. The maximum absolute atomic E-state index is 12.2. The maximum atomic E-state index is 12.2. The predicted octanol–water partition coefficient (Wildman–Crippen LogP) is 2.97. The van der Waals surface area contributed by atoms with E-state index in [1.54, 1.807) is 7.11 Å². The first-order valence-corrected chi connectivity index (χ1v) is 9.65. The van der Waals surface area contributed by atoms with Gasteiger partial charge in [-0.15, -0.1) is 0 Å². The number of ether oxygens (including phenoxy) is 1. The zero-order valence-corrected chi connectivity index (χ0v) is 15.4. The number of methoxy groups -OCH3 is 1. The number of anilines is 1. The van der Waals surface area contributed by atoms with Crippen LogP contribution in [0.25, 0.3) is 0 Å². The predicted molar refractivity (Wildman–Crippen MR) is 101 cm³/mol. The van der Waals surface area contributed by atoms with Crippen LogP contribution in [-0.2, 0) is 4.79 Å². The van der Waals surface area contributed by atoms with Gasteiger partial charge in [0.25, 0.3) is 0 Å². The molecule has 1 saturated heterocycles. The van der Waals surface area contributed by atoms with Crippen molar-refractivity contribution in [3.63, 3.8) is 0 Å². The lowest BCUT2D eigenvalue weighted by molar-refractivity contribution is -0.116. The largest absolute Gasteiger partial charge is 0.497 e. The summed E-state index contributed by atoms with van der Waals surface area (Å²) in [6, 6.07) is 8.33. The van der Waals surface area contributed by atoms with Crippen LogP contribution in [0, 0.1) is 0 Å². The summed E-state index contributed by atoms with van der Waals surface area (Å²) < 4.78 is 5.19. The monoisotopic (exact) mass is 345 g/mol. The fourth-order valence-electron chi connectivity index (χ4n) is 4.03. The van der Waals surface area contributed by atoms with Crippen LogP contribution in [0.1, 0.15) is 38.5 Å².